The number of carbonyl (C=O) groups excluding carboxylic acids is 2. The molecule has 178 valence electrons. The fraction of sp³-hybridized carbons (Fsp3) is 0.208. The van der Waals surface area contributed by atoms with Crippen molar-refractivity contribution in [3.8, 4) is 5.69 Å². The molecule has 1 unspecified atom stereocenters. The first-order valence-electron chi connectivity index (χ1n) is 10.2. The van der Waals surface area contributed by atoms with Gasteiger partial charge in [-0.1, -0.05) is 30.3 Å². The van der Waals surface area contributed by atoms with Gasteiger partial charge in [-0.15, -0.1) is 0 Å². The molecule has 0 aliphatic rings. The fourth-order valence-corrected chi connectivity index (χ4v) is 3.15. The van der Waals surface area contributed by atoms with Gasteiger partial charge in [-0.3, -0.25) is 14.3 Å². The van der Waals surface area contributed by atoms with Crippen LogP contribution < -0.4 is 10.9 Å². The first-order chi connectivity index (χ1) is 16.0. The second kappa shape index (κ2) is 9.82. The lowest BCUT2D eigenvalue weighted by Gasteiger charge is -2.11. The van der Waals surface area contributed by atoms with Gasteiger partial charge < -0.3 is 10.1 Å². The quantitative estimate of drug-likeness (QED) is 0.432. The first-order valence-corrected chi connectivity index (χ1v) is 10.2. The average molecular weight is 473 g/mol. The standard InChI is InChI=1S/C24H22F3N3O4/c1-15-21(23(33)30(29(15)3)19-7-5-4-6-8-19)28-22(32)16(2)34-20(31)14-11-17-9-12-18(13-10-17)24(25,26)27/h4-14,16H,1-3H3,(H,28,32)/b14-11+. The van der Waals surface area contributed by atoms with E-state index >= 15 is 0 Å². The Labute approximate surface area is 193 Å². The van der Waals surface area contributed by atoms with Crippen molar-refractivity contribution in [1.82, 2.24) is 9.36 Å². The van der Waals surface area contributed by atoms with E-state index in [1.807, 2.05) is 6.07 Å². The molecule has 0 aliphatic carbocycles. The van der Waals surface area contributed by atoms with Crippen molar-refractivity contribution in [2.24, 2.45) is 7.05 Å². The number of esters is 1. The van der Waals surface area contributed by atoms with Gasteiger partial charge in [0.05, 0.1) is 16.9 Å². The molecule has 0 radical (unpaired) electrons. The number of carbonyl (C=O) groups is 2. The minimum atomic E-state index is -4.45. The number of halogens is 3. The molecule has 1 N–H and O–H groups in total. The van der Waals surface area contributed by atoms with Crippen LogP contribution in [0.3, 0.4) is 0 Å². The molecule has 1 atom stereocenters. The summed E-state index contributed by atoms with van der Waals surface area (Å²) in [6.07, 6.45) is -3.41. The van der Waals surface area contributed by atoms with Crippen LogP contribution in [0.25, 0.3) is 11.8 Å². The van der Waals surface area contributed by atoms with Gasteiger partial charge in [0.25, 0.3) is 11.5 Å². The summed E-state index contributed by atoms with van der Waals surface area (Å²) < 4.78 is 45.9. The largest absolute Gasteiger partial charge is 0.449 e. The molecular weight excluding hydrogens is 451 g/mol. The number of hydrogen-bond donors (Lipinski definition) is 1. The van der Waals surface area contributed by atoms with Gasteiger partial charge in [0, 0.05) is 13.1 Å². The Bertz CT molecular complexity index is 1270. The third-order valence-electron chi connectivity index (χ3n) is 5.11. The van der Waals surface area contributed by atoms with Gasteiger partial charge in [-0.2, -0.15) is 13.2 Å². The Morgan fingerprint density at radius 2 is 1.68 bits per heavy atom. The summed E-state index contributed by atoms with van der Waals surface area (Å²) >= 11 is 0. The molecule has 0 spiro atoms. The summed E-state index contributed by atoms with van der Waals surface area (Å²) in [4.78, 5) is 37.5. The van der Waals surface area contributed by atoms with Gasteiger partial charge in [0.15, 0.2) is 6.10 Å². The van der Waals surface area contributed by atoms with Crippen LogP contribution >= 0.6 is 0 Å². The molecule has 7 nitrogen and oxygen atoms in total. The van der Waals surface area contributed by atoms with E-state index in [4.69, 9.17) is 4.74 Å². The maximum atomic E-state index is 12.9. The predicted octanol–water partition coefficient (Wildman–Crippen LogP) is 4.09. The fourth-order valence-electron chi connectivity index (χ4n) is 3.15. The van der Waals surface area contributed by atoms with Crippen LogP contribution in [0.5, 0.6) is 0 Å². The topological polar surface area (TPSA) is 82.3 Å². The smallest absolute Gasteiger partial charge is 0.416 e. The molecule has 0 saturated carbocycles. The van der Waals surface area contributed by atoms with E-state index < -0.39 is 35.3 Å². The maximum absolute atomic E-state index is 12.9. The number of nitrogens with one attached hydrogen (secondary N) is 1. The highest BCUT2D eigenvalue weighted by molar-refractivity contribution is 5.97. The SMILES string of the molecule is Cc1c(NC(=O)C(C)OC(=O)/C=C/c2ccc(C(F)(F)F)cc2)c(=O)n(-c2ccccc2)n1C. The Kier molecular flexibility index (Phi) is 7.09. The summed E-state index contributed by atoms with van der Waals surface area (Å²) in [6.45, 7) is 3.01. The van der Waals surface area contributed by atoms with Crippen molar-refractivity contribution in [1.29, 1.82) is 0 Å². The highest BCUT2D eigenvalue weighted by atomic mass is 19.4. The molecule has 0 aliphatic heterocycles. The number of benzene rings is 2. The van der Waals surface area contributed by atoms with Gasteiger partial charge in [0.1, 0.15) is 5.69 Å². The van der Waals surface area contributed by atoms with Crippen molar-refractivity contribution >= 4 is 23.6 Å². The minimum Gasteiger partial charge on any atom is -0.449 e. The average Bonchev–Trinajstić information content (AvgIpc) is 3.01. The number of aromatic nitrogens is 2. The molecule has 1 aromatic heterocycles. The van der Waals surface area contributed by atoms with E-state index in [0.717, 1.165) is 18.2 Å². The summed E-state index contributed by atoms with van der Waals surface area (Å²) in [5.74, 6) is -1.57. The second-order valence-corrected chi connectivity index (χ2v) is 7.46. The Morgan fingerprint density at radius 1 is 1.06 bits per heavy atom. The zero-order valence-corrected chi connectivity index (χ0v) is 18.6. The van der Waals surface area contributed by atoms with Crippen molar-refractivity contribution < 1.29 is 27.5 Å². The summed E-state index contributed by atoms with van der Waals surface area (Å²) in [5, 5.41) is 2.51. The van der Waals surface area contributed by atoms with E-state index in [9.17, 15) is 27.6 Å². The molecule has 10 heteroatoms. The summed E-state index contributed by atoms with van der Waals surface area (Å²) in [5.41, 5.74) is 0.276. The lowest BCUT2D eigenvalue weighted by molar-refractivity contribution is -0.148. The van der Waals surface area contributed by atoms with Crippen LogP contribution in [0.2, 0.25) is 0 Å². The number of amides is 1. The zero-order valence-electron chi connectivity index (χ0n) is 18.6. The molecular formula is C24H22F3N3O4. The molecule has 3 rings (SSSR count). The van der Waals surface area contributed by atoms with Crippen molar-refractivity contribution in [2.45, 2.75) is 26.1 Å². The summed E-state index contributed by atoms with van der Waals surface area (Å²) in [7, 11) is 1.68. The maximum Gasteiger partial charge on any atom is 0.416 e. The monoisotopic (exact) mass is 473 g/mol. The number of hydrogen-bond acceptors (Lipinski definition) is 4. The number of alkyl halides is 3. The van der Waals surface area contributed by atoms with Crippen molar-refractivity contribution in [3.05, 3.63) is 87.8 Å². The van der Waals surface area contributed by atoms with E-state index in [1.54, 1.807) is 42.9 Å². The third kappa shape index (κ3) is 5.45. The number of anilines is 1. The van der Waals surface area contributed by atoms with Gasteiger partial charge in [0.2, 0.25) is 0 Å². The molecule has 0 saturated heterocycles. The Balaban J connectivity index is 1.66. The van der Waals surface area contributed by atoms with Crippen LogP contribution in [0.1, 0.15) is 23.7 Å². The van der Waals surface area contributed by atoms with Crippen LogP contribution in [0.4, 0.5) is 18.9 Å². The Morgan fingerprint density at radius 3 is 2.26 bits per heavy atom. The van der Waals surface area contributed by atoms with Gasteiger partial charge in [-0.25, -0.2) is 9.48 Å². The van der Waals surface area contributed by atoms with E-state index in [2.05, 4.69) is 5.32 Å². The number of para-hydroxylation sites is 1. The molecule has 34 heavy (non-hydrogen) atoms. The van der Waals surface area contributed by atoms with Crippen LogP contribution in [-0.4, -0.2) is 27.3 Å². The molecule has 1 amide bonds. The van der Waals surface area contributed by atoms with Crippen LogP contribution in [-0.2, 0) is 27.5 Å². The highest BCUT2D eigenvalue weighted by Crippen LogP contribution is 2.29. The van der Waals surface area contributed by atoms with Crippen LogP contribution in [0.15, 0.2) is 65.5 Å². The highest BCUT2D eigenvalue weighted by Gasteiger charge is 2.29. The van der Waals surface area contributed by atoms with Gasteiger partial charge in [-0.05, 0) is 49.8 Å². The molecule has 3 aromatic rings. The van der Waals surface area contributed by atoms with E-state index in [-0.39, 0.29) is 5.69 Å². The molecule has 1 heterocycles. The lowest BCUT2D eigenvalue weighted by Crippen LogP contribution is -2.31. The normalized spacial score (nSPS) is 12.5. The van der Waals surface area contributed by atoms with Gasteiger partial charge >= 0.3 is 12.1 Å². The molecule has 0 fully saturated rings. The van der Waals surface area contributed by atoms with Crippen LogP contribution in [0, 0.1) is 6.92 Å². The first kappa shape index (κ1) is 24.6. The minimum absolute atomic E-state index is 0.0551. The molecule has 2 aromatic carbocycles. The van der Waals surface area contributed by atoms with Crippen molar-refractivity contribution in [2.75, 3.05) is 5.32 Å². The lowest BCUT2D eigenvalue weighted by atomic mass is 10.1. The van der Waals surface area contributed by atoms with E-state index in [0.29, 0.717) is 16.9 Å². The molecule has 0 bridgehead atoms. The Hall–Kier alpha value is -4.08. The second-order valence-electron chi connectivity index (χ2n) is 7.46. The predicted molar refractivity (Wildman–Crippen MR) is 120 cm³/mol. The third-order valence-corrected chi connectivity index (χ3v) is 5.11. The zero-order chi connectivity index (χ0) is 25.0. The van der Waals surface area contributed by atoms with Crippen molar-refractivity contribution in [3.63, 3.8) is 0 Å². The number of nitrogens with zero attached hydrogens (tertiary/aromatic N) is 2. The summed E-state index contributed by atoms with van der Waals surface area (Å²) in [6, 6.07) is 13.1. The van der Waals surface area contributed by atoms with E-state index in [1.165, 1.54) is 29.8 Å². The number of ether oxygens (including phenoxy) is 1. The number of rotatable bonds is 6.